The highest BCUT2D eigenvalue weighted by molar-refractivity contribution is 5.88. The summed E-state index contributed by atoms with van der Waals surface area (Å²) in [6.07, 6.45) is 0. The lowest BCUT2D eigenvalue weighted by molar-refractivity contribution is -0.180. The van der Waals surface area contributed by atoms with Gasteiger partial charge >= 0.3 is 5.97 Å². The lowest BCUT2D eigenvalue weighted by Gasteiger charge is -2.33. The van der Waals surface area contributed by atoms with Gasteiger partial charge in [-0.1, -0.05) is 0 Å². The fourth-order valence-electron chi connectivity index (χ4n) is 1.75. The van der Waals surface area contributed by atoms with Crippen molar-refractivity contribution in [2.24, 2.45) is 0 Å². The van der Waals surface area contributed by atoms with Gasteiger partial charge in [0, 0.05) is 19.4 Å². The van der Waals surface area contributed by atoms with Gasteiger partial charge in [0.2, 0.25) is 5.79 Å². The van der Waals surface area contributed by atoms with Crippen molar-refractivity contribution >= 4 is 5.97 Å². The van der Waals surface area contributed by atoms with Gasteiger partial charge in [-0.25, -0.2) is 4.79 Å². The highest BCUT2D eigenvalue weighted by Crippen LogP contribution is 2.34. The lowest BCUT2D eigenvalue weighted by atomic mass is 10.0. The molecule has 1 aliphatic heterocycles. The van der Waals surface area contributed by atoms with Crippen molar-refractivity contribution < 1.29 is 19.4 Å². The summed E-state index contributed by atoms with van der Waals surface area (Å²) >= 11 is 0. The van der Waals surface area contributed by atoms with Crippen LogP contribution in [0.4, 0.5) is 0 Å². The largest absolute Gasteiger partial charge is 0.478 e. The average molecular weight is 222 g/mol. The Morgan fingerprint density at radius 2 is 2.12 bits per heavy atom. The number of hydrogen-bond donors (Lipinski definition) is 1. The first kappa shape index (κ1) is 11.0. The molecule has 1 aromatic rings. The van der Waals surface area contributed by atoms with Crippen LogP contribution in [0.2, 0.25) is 0 Å². The number of aromatic carboxylic acids is 1. The van der Waals surface area contributed by atoms with E-state index in [1.54, 1.807) is 12.1 Å². The monoisotopic (exact) mass is 222 g/mol. The first-order valence-electron chi connectivity index (χ1n) is 5.09. The summed E-state index contributed by atoms with van der Waals surface area (Å²) in [6, 6.07) is 3.21. The zero-order valence-electron chi connectivity index (χ0n) is 9.53. The number of fused-ring (bicyclic) bond motifs is 1. The third-order valence-corrected chi connectivity index (χ3v) is 2.52. The summed E-state index contributed by atoms with van der Waals surface area (Å²) in [6.45, 7) is 5.89. The third-order valence-electron chi connectivity index (χ3n) is 2.52. The maximum atomic E-state index is 10.9. The van der Waals surface area contributed by atoms with Crippen molar-refractivity contribution in [2.45, 2.75) is 33.2 Å². The molecule has 4 heteroatoms. The van der Waals surface area contributed by atoms with Crippen molar-refractivity contribution in [3.05, 3.63) is 28.8 Å². The van der Waals surface area contributed by atoms with Crippen LogP contribution in [0.1, 0.15) is 35.3 Å². The predicted octanol–water partition coefficient (Wildman–Crippen LogP) is 2.34. The van der Waals surface area contributed by atoms with E-state index in [0.29, 0.717) is 6.61 Å². The molecule has 0 saturated carbocycles. The molecule has 1 N–H and O–H groups in total. The zero-order valence-corrected chi connectivity index (χ0v) is 9.53. The van der Waals surface area contributed by atoms with Crippen LogP contribution in [-0.4, -0.2) is 16.9 Å². The van der Waals surface area contributed by atoms with Crippen molar-refractivity contribution in [3.63, 3.8) is 0 Å². The van der Waals surface area contributed by atoms with Crippen LogP contribution in [0.5, 0.6) is 5.75 Å². The molecule has 0 unspecified atom stereocenters. The Labute approximate surface area is 93.8 Å². The Morgan fingerprint density at radius 3 is 2.75 bits per heavy atom. The predicted molar refractivity (Wildman–Crippen MR) is 57.6 cm³/mol. The number of rotatable bonds is 1. The first-order chi connectivity index (χ1) is 7.39. The number of carboxylic acids is 1. The van der Waals surface area contributed by atoms with Crippen LogP contribution in [0.3, 0.4) is 0 Å². The maximum absolute atomic E-state index is 10.9. The Balaban J connectivity index is 2.48. The molecule has 0 amide bonds. The third kappa shape index (κ3) is 1.88. The van der Waals surface area contributed by atoms with Crippen LogP contribution in [-0.2, 0) is 11.3 Å². The summed E-state index contributed by atoms with van der Waals surface area (Å²) in [7, 11) is 0. The fourth-order valence-corrected chi connectivity index (χ4v) is 1.75. The molecule has 16 heavy (non-hydrogen) atoms. The molecule has 0 fully saturated rings. The van der Waals surface area contributed by atoms with Gasteiger partial charge in [-0.05, 0) is 24.6 Å². The normalized spacial score (nSPS) is 17.4. The average Bonchev–Trinajstić information content (AvgIpc) is 2.18. The number of aryl methyl sites for hydroxylation is 1. The number of carbonyl (C=O) groups is 1. The summed E-state index contributed by atoms with van der Waals surface area (Å²) < 4.78 is 11.1. The van der Waals surface area contributed by atoms with Gasteiger partial charge in [-0.15, -0.1) is 0 Å². The first-order valence-corrected chi connectivity index (χ1v) is 5.09. The van der Waals surface area contributed by atoms with E-state index in [4.69, 9.17) is 14.6 Å². The highest BCUT2D eigenvalue weighted by atomic mass is 16.7. The number of hydrogen-bond acceptors (Lipinski definition) is 3. The molecule has 1 aromatic carbocycles. The molecule has 0 aromatic heterocycles. The number of benzene rings is 1. The van der Waals surface area contributed by atoms with E-state index >= 15 is 0 Å². The second-order valence-electron chi connectivity index (χ2n) is 4.38. The summed E-state index contributed by atoms with van der Waals surface area (Å²) in [5.41, 5.74) is 1.88. The molecule has 0 bridgehead atoms. The van der Waals surface area contributed by atoms with E-state index in [1.807, 2.05) is 20.8 Å². The van der Waals surface area contributed by atoms with Crippen LogP contribution >= 0.6 is 0 Å². The lowest BCUT2D eigenvalue weighted by Crippen LogP contribution is -2.35. The second-order valence-corrected chi connectivity index (χ2v) is 4.38. The van der Waals surface area contributed by atoms with E-state index in [-0.39, 0.29) is 5.56 Å². The van der Waals surface area contributed by atoms with Crippen LogP contribution in [0.15, 0.2) is 12.1 Å². The number of ether oxygens (including phenoxy) is 2. The van der Waals surface area contributed by atoms with E-state index < -0.39 is 11.8 Å². The molecule has 1 aliphatic rings. The van der Waals surface area contributed by atoms with E-state index in [1.165, 1.54) is 0 Å². The van der Waals surface area contributed by atoms with E-state index in [0.717, 1.165) is 16.9 Å². The molecule has 0 radical (unpaired) electrons. The minimum absolute atomic E-state index is 0.267. The van der Waals surface area contributed by atoms with Gasteiger partial charge in [0.1, 0.15) is 5.75 Å². The maximum Gasteiger partial charge on any atom is 0.335 e. The van der Waals surface area contributed by atoms with Crippen LogP contribution in [0, 0.1) is 6.92 Å². The van der Waals surface area contributed by atoms with Crippen molar-refractivity contribution in [2.75, 3.05) is 0 Å². The molecular weight excluding hydrogens is 208 g/mol. The fraction of sp³-hybridized carbons (Fsp3) is 0.417. The molecular formula is C12H14O4. The van der Waals surface area contributed by atoms with E-state index in [9.17, 15) is 4.79 Å². The van der Waals surface area contributed by atoms with Crippen molar-refractivity contribution in [3.8, 4) is 5.75 Å². The Morgan fingerprint density at radius 1 is 1.44 bits per heavy atom. The topological polar surface area (TPSA) is 55.8 Å². The van der Waals surface area contributed by atoms with Gasteiger partial charge in [0.25, 0.3) is 0 Å². The van der Waals surface area contributed by atoms with Gasteiger partial charge in [-0.2, -0.15) is 0 Å². The quantitative estimate of drug-likeness (QED) is 0.792. The Bertz CT molecular complexity index is 449. The number of carboxylic acid groups (broad SMARTS) is 1. The SMILES string of the molecule is Cc1cc(C(=O)O)cc2c1OC(C)(C)OC2. The molecule has 0 aliphatic carbocycles. The Hall–Kier alpha value is -1.55. The smallest absolute Gasteiger partial charge is 0.335 e. The second kappa shape index (κ2) is 3.49. The minimum Gasteiger partial charge on any atom is -0.478 e. The van der Waals surface area contributed by atoms with Crippen molar-refractivity contribution in [1.82, 2.24) is 0 Å². The molecule has 2 rings (SSSR count). The van der Waals surface area contributed by atoms with Crippen molar-refractivity contribution in [1.29, 1.82) is 0 Å². The van der Waals surface area contributed by atoms with Crippen LogP contribution in [0.25, 0.3) is 0 Å². The molecule has 1 heterocycles. The molecule has 0 spiro atoms. The minimum atomic E-state index is -0.935. The zero-order chi connectivity index (χ0) is 11.9. The standard InChI is InChI=1S/C12H14O4/c1-7-4-8(11(13)14)5-9-6-15-12(2,3)16-10(7)9/h4-5H,6H2,1-3H3,(H,13,14). The van der Waals surface area contributed by atoms with E-state index in [2.05, 4.69) is 0 Å². The Kier molecular flexibility index (Phi) is 2.39. The molecule has 4 nitrogen and oxygen atoms in total. The molecule has 0 atom stereocenters. The van der Waals surface area contributed by atoms with Gasteiger partial charge in [0.05, 0.1) is 12.2 Å². The van der Waals surface area contributed by atoms with Gasteiger partial charge in [-0.3, -0.25) is 0 Å². The van der Waals surface area contributed by atoms with Crippen LogP contribution < -0.4 is 4.74 Å². The molecule has 0 saturated heterocycles. The summed E-state index contributed by atoms with van der Waals surface area (Å²) in [5, 5.41) is 8.93. The summed E-state index contributed by atoms with van der Waals surface area (Å²) in [4.78, 5) is 10.9. The van der Waals surface area contributed by atoms with Gasteiger partial charge < -0.3 is 14.6 Å². The summed E-state index contributed by atoms with van der Waals surface area (Å²) in [5.74, 6) is -0.848. The highest BCUT2D eigenvalue weighted by Gasteiger charge is 2.29. The van der Waals surface area contributed by atoms with Gasteiger partial charge in [0.15, 0.2) is 0 Å². The molecule has 86 valence electrons.